The summed E-state index contributed by atoms with van der Waals surface area (Å²) < 4.78 is 3.24. The minimum Gasteiger partial charge on any atom is -0.387 e. The van der Waals surface area contributed by atoms with E-state index in [2.05, 4.69) is 27.0 Å². The Hall–Kier alpha value is -5.89. The molecule has 0 unspecified atom stereocenters. The minimum absolute atomic E-state index is 0.295. The van der Waals surface area contributed by atoms with Crippen molar-refractivity contribution in [3.8, 4) is 6.07 Å². The number of aliphatic imine (C=N–C) groups is 1. The lowest BCUT2D eigenvalue weighted by Gasteiger charge is -2.05. The van der Waals surface area contributed by atoms with Crippen molar-refractivity contribution in [3.63, 3.8) is 0 Å². The SMILES string of the molecule is CCN=C(N)CCNC(=O)c1cc(NC(=O)c2cc(NC(=O)c3ccc(/C=C/c4ccc(C#N)cc4)cc3)cn2C)cn1C. The van der Waals surface area contributed by atoms with Crippen molar-refractivity contribution in [1.82, 2.24) is 14.5 Å². The smallest absolute Gasteiger partial charge is 0.272 e. The second-order valence-electron chi connectivity index (χ2n) is 10.0. The van der Waals surface area contributed by atoms with E-state index in [1.807, 2.05) is 43.3 Å². The summed E-state index contributed by atoms with van der Waals surface area (Å²) in [4.78, 5) is 42.6. The molecule has 224 valence electrons. The number of benzene rings is 2. The third-order valence-electron chi connectivity index (χ3n) is 6.70. The van der Waals surface area contributed by atoms with Gasteiger partial charge in [0.2, 0.25) is 0 Å². The predicted octanol–water partition coefficient (Wildman–Crippen LogP) is 4.41. The lowest BCUT2D eigenvalue weighted by molar-refractivity contribution is 0.0945. The van der Waals surface area contributed by atoms with Gasteiger partial charge in [-0.25, -0.2) is 0 Å². The fraction of sp³-hybridized carbons (Fsp3) is 0.182. The summed E-state index contributed by atoms with van der Waals surface area (Å²) in [6.45, 7) is 2.82. The van der Waals surface area contributed by atoms with Gasteiger partial charge in [-0.2, -0.15) is 5.26 Å². The number of carbonyl (C=O) groups is 3. The topological polar surface area (TPSA) is 159 Å². The Kier molecular flexibility index (Phi) is 10.1. The van der Waals surface area contributed by atoms with Gasteiger partial charge >= 0.3 is 0 Å². The average molecular weight is 591 g/mol. The maximum absolute atomic E-state index is 13.0. The second-order valence-corrected chi connectivity index (χ2v) is 10.0. The van der Waals surface area contributed by atoms with E-state index in [1.165, 1.54) is 0 Å². The zero-order valence-corrected chi connectivity index (χ0v) is 24.8. The Labute approximate surface area is 255 Å². The summed E-state index contributed by atoms with van der Waals surface area (Å²) in [7, 11) is 3.42. The van der Waals surface area contributed by atoms with E-state index < -0.39 is 5.91 Å². The summed E-state index contributed by atoms with van der Waals surface area (Å²) in [5.74, 6) is -0.524. The molecule has 0 aliphatic heterocycles. The number of hydrogen-bond acceptors (Lipinski definition) is 5. The van der Waals surface area contributed by atoms with E-state index in [1.54, 1.807) is 72.0 Å². The molecule has 2 aromatic carbocycles. The molecule has 0 atom stereocenters. The first kappa shape index (κ1) is 31.1. The van der Waals surface area contributed by atoms with Gasteiger partial charge in [-0.15, -0.1) is 0 Å². The number of carbonyl (C=O) groups excluding carboxylic acids is 3. The molecule has 0 radical (unpaired) electrons. The van der Waals surface area contributed by atoms with Crippen LogP contribution in [0.5, 0.6) is 0 Å². The Bertz CT molecular complexity index is 1750. The van der Waals surface area contributed by atoms with Crippen molar-refractivity contribution in [3.05, 3.63) is 107 Å². The van der Waals surface area contributed by atoms with Crippen LogP contribution in [0.15, 0.2) is 78.0 Å². The van der Waals surface area contributed by atoms with Crippen LogP contribution < -0.4 is 21.7 Å². The van der Waals surface area contributed by atoms with Gasteiger partial charge in [0, 0.05) is 51.6 Å². The third kappa shape index (κ3) is 8.10. The van der Waals surface area contributed by atoms with Crippen LogP contribution >= 0.6 is 0 Å². The molecular formula is C33H34N8O3. The third-order valence-corrected chi connectivity index (χ3v) is 6.70. The van der Waals surface area contributed by atoms with Gasteiger partial charge in [0.25, 0.3) is 17.7 Å². The molecule has 11 heteroatoms. The number of aryl methyl sites for hydroxylation is 2. The Morgan fingerprint density at radius 3 is 1.91 bits per heavy atom. The quantitative estimate of drug-likeness (QED) is 0.116. The summed E-state index contributed by atoms with van der Waals surface area (Å²) in [5, 5.41) is 17.4. The summed E-state index contributed by atoms with van der Waals surface area (Å²) in [6, 6.07) is 19.6. The average Bonchev–Trinajstić information content (AvgIpc) is 3.57. The van der Waals surface area contributed by atoms with E-state index in [9.17, 15) is 14.4 Å². The highest BCUT2D eigenvalue weighted by atomic mass is 16.2. The molecule has 2 heterocycles. The minimum atomic E-state index is -0.396. The van der Waals surface area contributed by atoms with Crippen LogP contribution in [0.1, 0.15) is 61.4 Å². The number of nitrogens with two attached hydrogens (primary N) is 1. The molecule has 0 aliphatic rings. The van der Waals surface area contributed by atoms with Gasteiger partial charge < -0.3 is 30.8 Å². The fourth-order valence-electron chi connectivity index (χ4n) is 4.40. The molecule has 0 saturated heterocycles. The molecule has 0 aliphatic carbocycles. The molecule has 4 aromatic rings. The number of nitrogens with one attached hydrogen (secondary N) is 3. The van der Waals surface area contributed by atoms with Gasteiger partial charge in [0.05, 0.1) is 28.8 Å². The molecular weight excluding hydrogens is 556 g/mol. The van der Waals surface area contributed by atoms with Crippen molar-refractivity contribution in [1.29, 1.82) is 5.26 Å². The van der Waals surface area contributed by atoms with Crippen molar-refractivity contribution < 1.29 is 14.4 Å². The predicted molar refractivity (Wildman–Crippen MR) is 172 cm³/mol. The number of anilines is 2. The number of amidine groups is 1. The van der Waals surface area contributed by atoms with Gasteiger partial charge in [-0.1, -0.05) is 36.4 Å². The van der Waals surface area contributed by atoms with Crippen LogP contribution in [0.4, 0.5) is 11.4 Å². The molecule has 44 heavy (non-hydrogen) atoms. The van der Waals surface area contributed by atoms with Crippen LogP contribution in [0.2, 0.25) is 0 Å². The van der Waals surface area contributed by atoms with E-state index in [0.29, 0.717) is 59.2 Å². The molecule has 4 rings (SSSR count). The lowest BCUT2D eigenvalue weighted by atomic mass is 10.1. The monoisotopic (exact) mass is 590 g/mol. The number of rotatable bonds is 11. The molecule has 3 amide bonds. The van der Waals surface area contributed by atoms with E-state index in [4.69, 9.17) is 11.0 Å². The summed E-state index contributed by atoms with van der Waals surface area (Å²) in [5.41, 5.74) is 10.3. The zero-order valence-electron chi connectivity index (χ0n) is 24.8. The molecule has 0 fully saturated rings. The lowest BCUT2D eigenvalue weighted by Crippen LogP contribution is -2.29. The van der Waals surface area contributed by atoms with Gasteiger partial charge in [0.15, 0.2) is 0 Å². The molecule has 0 bridgehead atoms. The van der Waals surface area contributed by atoms with Crippen LogP contribution in [0, 0.1) is 11.3 Å². The maximum atomic E-state index is 13.0. The van der Waals surface area contributed by atoms with Crippen LogP contribution in [0.3, 0.4) is 0 Å². The number of amides is 3. The normalized spacial score (nSPS) is 11.3. The van der Waals surface area contributed by atoms with Gasteiger partial charge in [-0.3, -0.25) is 19.4 Å². The van der Waals surface area contributed by atoms with Gasteiger partial charge in [-0.05, 0) is 54.4 Å². The molecule has 0 saturated carbocycles. The summed E-state index contributed by atoms with van der Waals surface area (Å²) in [6.07, 6.45) is 7.60. The van der Waals surface area contributed by atoms with Crippen LogP contribution in [0.25, 0.3) is 12.2 Å². The van der Waals surface area contributed by atoms with Gasteiger partial charge in [0.1, 0.15) is 11.4 Å². The first-order chi connectivity index (χ1) is 21.2. The first-order valence-electron chi connectivity index (χ1n) is 14.0. The fourth-order valence-corrected chi connectivity index (χ4v) is 4.40. The van der Waals surface area contributed by atoms with Crippen molar-refractivity contribution in [2.75, 3.05) is 23.7 Å². The molecule has 2 aromatic heterocycles. The van der Waals surface area contributed by atoms with Crippen LogP contribution in [-0.2, 0) is 14.1 Å². The van der Waals surface area contributed by atoms with E-state index in [0.717, 1.165) is 11.1 Å². The maximum Gasteiger partial charge on any atom is 0.272 e. The summed E-state index contributed by atoms with van der Waals surface area (Å²) >= 11 is 0. The highest BCUT2D eigenvalue weighted by Gasteiger charge is 2.17. The Morgan fingerprint density at radius 1 is 0.841 bits per heavy atom. The highest BCUT2D eigenvalue weighted by molar-refractivity contribution is 6.07. The largest absolute Gasteiger partial charge is 0.387 e. The number of hydrogen-bond donors (Lipinski definition) is 4. The van der Waals surface area contributed by atoms with Crippen molar-refractivity contribution >= 4 is 47.1 Å². The Balaban J connectivity index is 1.33. The molecule has 0 spiro atoms. The van der Waals surface area contributed by atoms with Crippen molar-refractivity contribution in [2.45, 2.75) is 13.3 Å². The molecule has 11 nitrogen and oxygen atoms in total. The first-order valence-corrected chi connectivity index (χ1v) is 14.0. The zero-order chi connectivity index (χ0) is 31.6. The number of aromatic nitrogens is 2. The Morgan fingerprint density at radius 2 is 1.36 bits per heavy atom. The van der Waals surface area contributed by atoms with E-state index in [-0.39, 0.29) is 11.8 Å². The van der Waals surface area contributed by atoms with E-state index >= 15 is 0 Å². The van der Waals surface area contributed by atoms with Crippen molar-refractivity contribution in [2.24, 2.45) is 24.8 Å². The number of nitrogens with zero attached hydrogens (tertiary/aromatic N) is 4. The highest BCUT2D eigenvalue weighted by Crippen LogP contribution is 2.19. The molecule has 5 N–H and O–H groups in total. The standard InChI is InChI=1S/C33H34N8O3/c1-4-36-30(35)15-16-37-32(43)28-17-27(21-40(28)2)39-33(44)29-18-26(20-41(29)3)38-31(42)25-13-11-23(12-14-25)6-5-22-7-9-24(19-34)10-8-22/h5-14,17-18,20-21H,4,15-16H2,1-3H3,(H2,35,36)(H,37,43)(H,38,42)(H,39,44)/b6-5+. The number of nitriles is 1. The second kappa shape index (κ2) is 14.3. The van der Waals surface area contributed by atoms with Crippen LogP contribution in [-0.4, -0.2) is 45.8 Å².